The molecule has 144 valence electrons. The van der Waals surface area contributed by atoms with E-state index >= 15 is 0 Å². The molecular weight excluding hydrogens is 370 g/mol. The van der Waals surface area contributed by atoms with E-state index in [0.717, 1.165) is 48.7 Å². The third-order valence-electron chi connectivity index (χ3n) is 4.87. The van der Waals surface area contributed by atoms with E-state index in [2.05, 4.69) is 58.2 Å². The van der Waals surface area contributed by atoms with Gasteiger partial charge in [0, 0.05) is 48.8 Å². The first kappa shape index (κ1) is 18.6. The first-order valence-electron chi connectivity index (χ1n) is 9.51. The molecule has 1 N–H and O–H groups in total. The molecule has 1 aliphatic heterocycles. The van der Waals surface area contributed by atoms with Crippen LogP contribution in [-0.2, 0) is 0 Å². The number of benzene rings is 2. The highest BCUT2D eigenvalue weighted by Gasteiger charge is 2.19. The summed E-state index contributed by atoms with van der Waals surface area (Å²) < 4.78 is 0. The second-order valence-electron chi connectivity index (χ2n) is 7.20. The summed E-state index contributed by atoms with van der Waals surface area (Å²) in [5.74, 6) is 1.58. The lowest BCUT2D eigenvalue weighted by molar-refractivity contribution is 0.640. The lowest BCUT2D eigenvalue weighted by Gasteiger charge is -2.36. The third-order valence-corrected chi connectivity index (χ3v) is 5.11. The minimum atomic E-state index is 0.764. The monoisotopic (exact) mass is 393 g/mol. The van der Waals surface area contributed by atoms with E-state index < -0.39 is 0 Å². The van der Waals surface area contributed by atoms with Crippen LogP contribution in [0.2, 0.25) is 5.02 Å². The number of halogens is 1. The smallest absolute Gasteiger partial charge is 0.227 e. The van der Waals surface area contributed by atoms with E-state index in [1.54, 1.807) is 0 Å². The maximum atomic E-state index is 6.13. The Morgan fingerprint density at radius 1 is 0.893 bits per heavy atom. The number of piperazine rings is 1. The molecule has 1 aliphatic rings. The van der Waals surface area contributed by atoms with Gasteiger partial charge in [0.2, 0.25) is 5.95 Å². The van der Waals surface area contributed by atoms with Gasteiger partial charge in [0.15, 0.2) is 0 Å². The number of hydrogen-bond acceptors (Lipinski definition) is 5. The van der Waals surface area contributed by atoms with E-state index in [0.29, 0.717) is 0 Å². The molecule has 0 spiro atoms. The number of rotatable bonds is 4. The number of nitrogens with zero attached hydrogens (tertiary/aromatic N) is 4. The molecule has 1 fully saturated rings. The Morgan fingerprint density at radius 2 is 1.61 bits per heavy atom. The van der Waals surface area contributed by atoms with Crippen molar-refractivity contribution < 1.29 is 0 Å². The van der Waals surface area contributed by atoms with Crippen molar-refractivity contribution in [1.29, 1.82) is 0 Å². The van der Waals surface area contributed by atoms with Gasteiger partial charge in [-0.1, -0.05) is 23.7 Å². The molecule has 1 saturated heterocycles. The summed E-state index contributed by atoms with van der Waals surface area (Å²) in [7, 11) is 0. The molecule has 0 saturated carbocycles. The van der Waals surface area contributed by atoms with E-state index in [4.69, 9.17) is 16.6 Å². The second-order valence-corrected chi connectivity index (χ2v) is 7.63. The minimum absolute atomic E-state index is 0.764. The van der Waals surface area contributed by atoms with E-state index in [9.17, 15) is 0 Å². The second kappa shape index (κ2) is 8.07. The fourth-order valence-electron chi connectivity index (χ4n) is 3.60. The van der Waals surface area contributed by atoms with Crippen LogP contribution in [0.3, 0.4) is 0 Å². The molecule has 0 atom stereocenters. The molecule has 6 heteroatoms. The molecular formula is C22H24ClN5. The summed E-state index contributed by atoms with van der Waals surface area (Å²) in [5.41, 5.74) is 4.68. The van der Waals surface area contributed by atoms with Crippen LogP contribution in [0, 0.1) is 13.8 Å². The largest absolute Gasteiger partial charge is 0.368 e. The van der Waals surface area contributed by atoms with Crippen molar-refractivity contribution in [2.75, 3.05) is 41.3 Å². The predicted molar refractivity (Wildman–Crippen MR) is 117 cm³/mol. The quantitative estimate of drug-likeness (QED) is 0.688. The van der Waals surface area contributed by atoms with Crippen LogP contribution in [0.25, 0.3) is 0 Å². The minimum Gasteiger partial charge on any atom is -0.368 e. The highest BCUT2D eigenvalue weighted by atomic mass is 35.5. The molecule has 4 rings (SSSR count). The van der Waals surface area contributed by atoms with Gasteiger partial charge in [-0.2, -0.15) is 4.98 Å². The summed E-state index contributed by atoms with van der Waals surface area (Å²) in [5, 5.41) is 4.17. The van der Waals surface area contributed by atoms with Crippen molar-refractivity contribution in [2.45, 2.75) is 13.8 Å². The highest BCUT2D eigenvalue weighted by molar-refractivity contribution is 6.30. The van der Waals surface area contributed by atoms with E-state index in [1.165, 1.54) is 16.8 Å². The van der Waals surface area contributed by atoms with Gasteiger partial charge in [0.05, 0.1) is 0 Å². The maximum Gasteiger partial charge on any atom is 0.227 e. The third kappa shape index (κ3) is 4.37. The van der Waals surface area contributed by atoms with Gasteiger partial charge in [-0.15, -0.1) is 0 Å². The van der Waals surface area contributed by atoms with Gasteiger partial charge >= 0.3 is 0 Å². The first-order valence-corrected chi connectivity index (χ1v) is 9.88. The summed E-state index contributed by atoms with van der Waals surface area (Å²) in [6.07, 6.45) is 1.82. The molecule has 5 nitrogen and oxygen atoms in total. The molecule has 28 heavy (non-hydrogen) atoms. The fraction of sp³-hybridized carbons (Fsp3) is 0.273. The Labute approximate surface area is 171 Å². The van der Waals surface area contributed by atoms with Crippen molar-refractivity contribution in [3.8, 4) is 0 Å². The number of nitrogens with one attached hydrogen (secondary N) is 1. The van der Waals surface area contributed by atoms with Crippen molar-refractivity contribution >= 4 is 34.7 Å². The Kier molecular flexibility index (Phi) is 5.35. The van der Waals surface area contributed by atoms with Crippen molar-refractivity contribution in [3.63, 3.8) is 0 Å². The SMILES string of the molecule is Cc1cc(C)cc(Nc2ccnc(N3CCN(c4cccc(Cl)c4)CC3)n2)c1. The van der Waals surface area contributed by atoms with Crippen LogP contribution in [0.5, 0.6) is 0 Å². The summed E-state index contributed by atoms with van der Waals surface area (Å²) in [6, 6.07) is 16.3. The topological polar surface area (TPSA) is 44.3 Å². The molecule has 3 aromatic rings. The lowest BCUT2D eigenvalue weighted by atomic mass is 10.1. The molecule has 0 unspecified atom stereocenters. The van der Waals surface area contributed by atoms with Gasteiger partial charge < -0.3 is 15.1 Å². The zero-order chi connectivity index (χ0) is 19.5. The van der Waals surface area contributed by atoms with Crippen molar-refractivity contribution in [2.24, 2.45) is 0 Å². The van der Waals surface area contributed by atoms with Crippen LogP contribution in [-0.4, -0.2) is 36.1 Å². The maximum absolute atomic E-state index is 6.13. The van der Waals surface area contributed by atoms with Crippen molar-refractivity contribution in [3.05, 3.63) is 70.9 Å². The molecule has 0 bridgehead atoms. The van der Waals surface area contributed by atoms with Crippen LogP contribution in [0.1, 0.15) is 11.1 Å². The number of hydrogen-bond donors (Lipinski definition) is 1. The van der Waals surface area contributed by atoms with Crippen molar-refractivity contribution in [1.82, 2.24) is 9.97 Å². The molecule has 0 radical (unpaired) electrons. The number of anilines is 4. The summed E-state index contributed by atoms with van der Waals surface area (Å²) >= 11 is 6.13. The highest BCUT2D eigenvalue weighted by Crippen LogP contribution is 2.23. The van der Waals surface area contributed by atoms with Gasteiger partial charge in [0.1, 0.15) is 5.82 Å². The number of aryl methyl sites for hydroxylation is 2. The molecule has 2 aromatic carbocycles. The van der Waals surface area contributed by atoms with Gasteiger partial charge in [-0.25, -0.2) is 4.98 Å². The van der Waals surface area contributed by atoms with Crippen LogP contribution < -0.4 is 15.1 Å². The summed E-state index contributed by atoms with van der Waals surface area (Å²) in [4.78, 5) is 13.8. The zero-order valence-electron chi connectivity index (χ0n) is 16.2. The van der Waals surface area contributed by atoms with Crippen LogP contribution in [0.4, 0.5) is 23.1 Å². The molecule has 1 aromatic heterocycles. The molecule has 0 aliphatic carbocycles. The average Bonchev–Trinajstić information content (AvgIpc) is 2.67. The van der Waals surface area contributed by atoms with E-state index in [1.807, 2.05) is 30.5 Å². The van der Waals surface area contributed by atoms with Gasteiger partial charge in [-0.3, -0.25) is 0 Å². The Hall–Kier alpha value is -2.79. The lowest BCUT2D eigenvalue weighted by Crippen LogP contribution is -2.47. The predicted octanol–water partition coefficient (Wildman–Crippen LogP) is 4.82. The van der Waals surface area contributed by atoms with E-state index in [-0.39, 0.29) is 0 Å². The average molecular weight is 394 g/mol. The normalized spacial score (nSPS) is 14.2. The molecule has 0 amide bonds. The van der Waals surface area contributed by atoms with Crippen LogP contribution in [0.15, 0.2) is 54.7 Å². The Balaban J connectivity index is 1.43. The van der Waals surface area contributed by atoms with Gasteiger partial charge in [0.25, 0.3) is 0 Å². The number of aromatic nitrogens is 2. The first-order chi connectivity index (χ1) is 13.6. The Bertz CT molecular complexity index is 946. The summed E-state index contributed by atoms with van der Waals surface area (Å²) in [6.45, 7) is 7.78. The van der Waals surface area contributed by atoms with Crippen LogP contribution >= 0.6 is 11.6 Å². The fourth-order valence-corrected chi connectivity index (χ4v) is 3.79. The zero-order valence-corrected chi connectivity index (χ0v) is 16.9. The van der Waals surface area contributed by atoms with Gasteiger partial charge in [-0.05, 0) is 61.4 Å². The standard InChI is InChI=1S/C22H24ClN5/c1-16-12-17(2)14-19(13-16)25-21-6-7-24-22(26-21)28-10-8-27(9-11-28)20-5-3-4-18(23)15-20/h3-7,12-15H,8-11H2,1-2H3,(H,24,25,26). The Morgan fingerprint density at radius 3 is 2.32 bits per heavy atom. The molecule has 2 heterocycles.